The maximum atomic E-state index is 11.6. The van der Waals surface area contributed by atoms with Gasteiger partial charge < -0.3 is 9.84 Å². The maximum Gasteiger partial charge on any atom is 0.290 e. The quantitative estimate of drug-likeness (QED) is 0.372. The lowest BCUT2D eigenvalue weighted by Gasteiger charge is -2.08. The summed E-state index contributed by atoms with van der Waals surface area (Å²) in [5.41, 5.74) is 3.44. The number of hydrogen-bond donors (Lipinski definition) is 2. The van der Waals surface area contributed by atoms with Crippen LogP contribution in [0.25, 0.3) is 16.9 Å². The van der Waals surface area contributed by atoms with Gasteiger partial charge in [-0.3, -0.25) is 19.8 Å². The van der Waals surface area contributed by atoms with Crippen LogP contribution in [0.5, 0.6) is 5.75 Å². The number of carbonyl (C=O) groups excluding carboxylic acids is 1. The molecule has 0 fully saturated rings. The minimum atomic E-state index is -0.355. The van der Waals surface area contributed by atoms with Crippen molar-refractivity contribution in [3.8, 4) is 22.7 Å². The third kappa shape index (κ3) is 5.88. The van der Waals surface area contributed by atoms with Crippen LogP contribution >= 0.6 is 0 Å². The second-order valence-corrected chi connectivity index (χ2v) is 5.90. The summed E-state index contributed by atoms with van der Waals surface area (Å²) in [7, 11) is 2.94. The standard InChI is InChI=1S/C19H20N4O3.CH2O2/c1-22(25)19(24)10-5-15-12-18(14-4-3-11-20-13-14)23(21-15)16-6-8-17(26-2)9-7-16;2-1-3/h3-4,6-9,11-13,25H,5,10H2,1-2H3;1H,(H,2,3). The number of hydrogen-bond acceptors (Lipinski definition) is 6. The molecule has 3 rings (SSSR count). The Balaban J connectivity index is 0.000000941. The minimum absolute atomic E-state index is 0.180. The van der Waals surface area contributed by atoms with Crippen molar-refractivity contribution in [3.05, 3.63) is 60.6 Å². The van der Waals surface area contributed by atoms with Gasteiger partial charge in [0.1, 0.15) is 5.75 Å². The number of ether oxygens (including phenoxy) is 1. The second kappa shape index (κ2) is 10.6. The maximum absolute atomic E-state index is 11.6. The van der Waals surface area contributed by atoms with E-state index in [1.54, 1.807) is 19.5 Å². The van der Waals surface area contributed by atoms with Crippen molar-refractivity contribution in [1.82, 2.24) is 19.8 Å². The number of hydroxylamine groups is 2. The normalized spacial score (nSPS) is 9.90. The Labute approximate surface area is 167 Å². The molecule has 0 atom stereocenters. The SMILES string of the molecule is COc1ccc(-n2nc(CCC(=O)N(C)O)cc2-c2cccnc2)cc1.O=CO. The summed E-state index contributed by atoms with van der Waals surface area (Å²) in [6, 6.07) is 13.3. The molecule has 152 valence electrons. The van der Waals surface area contributed by atoms with E-state index in [4.69, 9.17) is 14.6 Å². The zero-order chi connectivity index (χ0) is 21.2. The van der Waals surface area contributed by atoms with E-state index in [1.807, 2.05) is 47.1 Å². The van der Waals surface area contributed by atoms with Gasteiger partial charge in [-0.15, -0.1) is 0 Å². The zero-order valence-electron chi connectivity index (χ0n) is 16.1. The predicted octanol–water partition coefficient (Wildman–Crippen LogP) is 2.42. The number of nitrogens with zero attached hydrogens (tertiary/aromatic N) is 4. The summed E-state index contributed by atoms with van der Waals surface area (Å²) in [5.74, 6) is 0.410. The fourth-order valence-electron chi connectivity index (χ4n) is 2.59. The van der Waals surface area contributed by atoms with E-state index in [0.717, 1.165) is 28.4 Å². The van der Waals surface area contributed by atoms with Crippen LogP contribution in [-0.4, -0.2) is 56.7 Å². The van der Waals surface area contributed by atoms with Crippen LogP contribution in [0.15, 0.2) is 54.9 Å². The average Bonchev–Trinajstić information content (AvgIpc) is 3.17. The number of carboxylic acid groups (broad SMARTS) is 1. The van der Waals surface area contributed by atoms with Gasteiger partial charge in [0.15, 0.2) is 0 Å². The highest BCUT2D eigenvalue weighted by Crippen LogP contribution is 2.25. The van der Waals surface area contributed by atoms with E-state index in [2.05, 4.69) is 10.1 Å². The molecular weight excluding hydrogens is 376 g/mol. The number of rotatable bonds is 6. The highest BCUT2D eigenvalue weighted by atomic mass is 16.5. The molecule has 0 radical (unpaired) electrons. The third-order valence-corrected chi connectivity index (χ3v) is 3.99. The van der Waals surface area contributed by atoms with Gasteiger partial charge in [0, 0.05) is 37.8 Å². The molecule has 0 aliphatic rings. The molecule has 9 heteroatoms. The summed E-state index contributed by atoms with van der Waals surface area (Å²) in [6.45, 7) is -0.250. The number of carbonyl (C=O) groups is 2. The lowest BCUT2D eigenvalue weighted by Crippen LogP contribution is -2.22. The second-order valence-electron chi connectivity index (χ2n) is 5.90. The van der Waals surface area contributed by atoms with Crippen molar-refractivity contribution in [3.63, 3.8) is 0 Å². The zero-order valence-corrected chi connectivity index (χ0v) is 16.1. The molecule has 0 unspecified atom stereocenters. The first-order valence-electron chi connectivity index (χ1n) is 8.67. The van der Waals surface area contributed by atoms with Crippen LogP contribution < -0.4 is 4.74 Å². The summed E-state index contributed by atoms with van der Waals surface area (Å²) >= 11 is 0. The van der Waals surface area contributed by atoms with Gasteiger partial charge in [-0.2, -0.15) is 5.10 Å². The van der Waals surface area contributed by atoms with E-state index >= 15 is 0 Å². The molecule has 9 nitrogen and oxygen atoms in total. The lowest BCUT2D eigenvalue weighted by molar-refractivity contribution is -0.159. The van der Waals surface area contributed by atoms with Crippen molar-refractivity contribution >= 4 is 12.4 Å². The Morgan fingerprint density at radius 2 is 1.97 bits per heavy atom. The first-order chi connectivity index (χ1) is 14.0. The van der Waals surface area contributed by atoms with Gasteiger partial charge in [0.2, 0.25) is 5.91 Å². The van der Waals surface area contributed by atoms with Crippen molar-refractivity contribution in [2.45, 2.75) is 12.8 Å². The summed E-state index contributed by atoms with van der Waals surface area (Å²) < 4.78 is 7.03. The molecule has 0 bridgehead atoms. The van der Waals surface area contributed by atoms with Crippen LogP contribution in [0.1, 0.15) is 12.1 Å². The highest BCUT2D eigenvalue weighted by Gasteiger charge is 2.14. The molecule has 1 amide bonds. The topological polar surface area (TPSA) is 118 Å². The Morgan fingerprint density at radius 1 is 1.28 bits per heavy atom. The van der Waals surface area contributed by atoms with Crippen LogP contribution in [0.3, 0.4) is 0 Å². The van der Waals surface area contributed by atoms with Crippen LogP contribution in [0.4, 0.5) is 0 Å². The van der Waals surface area contributed by atoms with Gasteiger partial charge in [0.25, 0.3) is 6.47 Å². The Morgan fingerprint density at radius 3 is 2.52 bits per heavy atom. The molecule has 0 spiro atoms. The molecule has 1 aromatic carbocycles. The first kappa shape index (κ1) is 21.6. The Kier molecular flexibility index (Phi) is 7.87. The smallest absolute Gasteiger partial charge is 0.290 e. The number of aryl methyl sites for hydroxylation is 1. The molecule has 0 aliphatic heterocycles. The highest BCUT2D eigenvalue weighted by molar-refractivity contribution is 5.74. The van der Waals surface area contributed by atoms with Gasteiger partial charge in [-0.1, -0.05) is 0 Å². The first-order valence-corrected chi connectivity index (χ1v) is 8.67. The van der Waals surface area contributed by atoms with Gasteiger partial charge in [-0.25, -0.2) is 9.75 Å². The fourth-order valence-corrected chi connectivity index (χ4v) is 2.59. The monoisotopic (exact) mass is 398 g/mol. The lowest BCUT2D eigenvalue weighted by atomic mass is 10.1. The van der Waals surface area contributed by atoms with Gasteiger partial charge in [-0.05, 0) is 42.5 Å². The van der Waals surface area contributed by atoms with E-state index < -0.39 is 0 Å². The van der Waals surface area contributed by atoms with Gasteiger partial charge in [0.05, 0.1) is 24.2 Å². The van der Waals surface area contributed by atoms with Gasteiger partial charge >= 0.3 is 0 Å². The third-order valence-electron chi connectivity index (χ3n) is 3.99. The summed E-state index contributed by atoms with van der Waals surface area (Å²) in [6.07, 6.45) is 4.10. The predicted molar refractivity (Wildman–Crippen MR) is 105 cm³/mol. The molecule has 2 N–H and O–H groups in total. The van der Waals surface area contributed by atoms with Crippen molar-refractivity contribution in [2.75, 3.05) is 14.2 Å². The minimum Gasteiger partial charge on any atom is -0.497 e. The summed E-state index contributed by atoms with van der Waals surface area (Å²) in [5, 5.41) is 21.3. The number of benzene rings is 1. The molecule has 0 saturated heterocycles. The largest absolute Gasteiger partial charge is 0.497 e. The Bertz CT molecular complexity index is 924. The molecular formula is C20H22N4O5. The van der Waals surface area contributed by atoms with E-state index in [0.29, 0.717) is 11.5 Å². The molecule has 29 heavy (non-hydrogen) atoms. The fraction of sp³-hybridized carbons (Fsp3) is 0.200. The van der Waals surface area contributed by atoms with Crippen molar-refractivity contribution < 1.29 is 24.6 Å². The number of amides is 1. The van der Waals surface area contributed by atoms with Crippen molar-refractivity contribution in [1.29, 1.82) is 0 Å². The van der Waals surface area contributed by atoms with E-state index in [-0.39, 0.29) is 18.8 Å². The van der Waals surface area contributed by atoms with E-state index in [9.17, 15) is 10.0 Å². The molecule has 0 aliphatic carbocycles. The summed E-state index contributed by atoms with van der Waals surface area (Å²) in [4.78, 5) is 24.2. The molecule has 2 heterocycles. The molecule has 2 aromatic heterocycles. The van der Waals surface area contributed by atoms with Crippen LogP contribution in [0, 0.1) is 0 Å². The number of aromatic nitrogens is 3. The molecule has 3 aromatic rings. The number of methoxy groups -OCH3 is 1. The molecule has 0 saturated carbocycles. The van der Waals surface area contributed by atoms with E-state index in [1.165, 1.54) is 7.05 Å². The van der Waals surface area contributed by atoms with Crippen molar-refractivity contribution in [2.24, 2.45) is 0 Å². The average molecular weight is 398 g/mol. The van der Waals surface area contributed by atoms with Crippen LogP contribution in [0.2, 0.25) is 0 Å². The Hall–Kier alpha value is -3.72. The number of pyridine rings is 1. The van der Waals surface area contributed by atoms with Crippen LogP contribution in [-0.2, 0) is 16.0 Å².